The number of para-hydroxylation sites is 2. The fraction of sp³-hybridized carbons (Fsp3) is 0.417. The predicted molar refractivity (Wildman–Crippen MR) is 67.6 cm³/mol. The number of hydrogen-bond donors (Lipinski definition) is 2. The zero-order valence-corrected chi connectivity index (χ0v) is 10.3. The smallest absolute Gasteiger partial charge is 0.303 e. The van der Waals surface area contributed by atoms with Gasteiger partial charge in [-0.05, 0) is 11.5 Å². The quantitative estimate of drug-likeness (QED) is 0.599. The molecule has 0 aliphatic heterocycles. The summed E-state index contributed by atoms with van der Waals surface area (Å²) in [5.41, 5.74) is -0.0835. The lowest BCUT2D eigenvalue weighted by Gasteiger charge is -2.23. The van der Waals surface area contributed by atoms with Crippen LogP contribution in [0.25, 0.3) is 0 Å². The number of hydrogen-bond acceptors (Lipinski definition) is 4. The SMILES string of the molecule is CC(C)(CNc1ccccc1[N+](=O)[O-])CC(=O)O. The van der Waals surface area contributed by atoms with E-state index >= 15 is 0 Å². The summed E-state index contributed by atoms with van der Waals surface area (Å²) in [4.78, 5) is 21.0. The van der Waals surface area contributed by atoms with Crippen LogP contribution in [0, 0.1) is 15.5 Å². The molecule has 98 valence electrons. The molecule has 0 radical (unpaired) electrons. The fourth-order valence-electron chi connectivity index (χ4n) is 1.59. The molecule has 0 amide bonds. The molecule has 1 aromatic carbocycles. The second-order valence-corrected chi connectivity index (χ2v) is 4.86. The van der Waals surface area contributed by atoms with Crippen LogP contribution in [-0.4, -0.2) is 22.5 Å². The minimum absolute atomic E-state index is 0.000626. The van der Waals surface area contributed by atoms with Gasteiger partial charge in [0.15, 0.2) is 0 Å². The topological polar surface area (TPSA) is 92.5 Å². The van der Waals surface area contributed by atoms with E-state index in [9.17, 15) is 14.9 Å². The number of nitro groups is 1. The van der Waals surface area contributed by atoms with Crippen LogP contribution in [0.1, 0.15) is 20.3 Å². The Morgan fingerprint density at radius 2 is 2.06 bits per heavy atom. The second-order valence-electron chi connectivity index (χ2n) is 4.86. The number of benzene rings is 1. The Kier molecular flexibility index (Phi) is 4.25. The van der Waals surface area contributed by atoms with Gasteiger partial charge >= 0.3 is 5.97 Å². The number of aliphatic carboxylic acids is 1. The molecule has 0 unspecified atom stereocenters. The zero-order valence-electron chi connectivity index (χ0n) is 10.3. The van der Waals surface area contributed by atoms with Crippen LogP contribution in [0.2, 0.25) is 0 Å². The van der Waals surface area contributed by atoms with E-state index < -0.39 is 16.3 Å². The Labute approximate surface area is 105 Å². The van der Waals surface area contributed by atoms with Crippen molar-refractivity contribution in [1.29, 1.82) is 0 Å². The highest BCUT2D eigenvalue weighted by atomic mass is 16.6. The number of nitrogens with one attached hydrogen (secondary N) is 1. The molecule has 18 heavy (non-hydrogen) atoms. The van der Waals surface area contributed by atoms with Crippen LogP contribution in [0.3, 0.4) is 0 Å². The van der Waals surface area contributed by atoms with E-state index in [4.69, 9.17) is 5.11 Å². The van der Waals surface area contributed by atoms with Gasteiger partial charge in [-0.2, -0.15) is 0 Å². The van der Waals surface area contributed by atoms with Crippen molar-refractivity contribution in [3.63, 3.8) is 0 Å². The first kappa shape index (κ1) is 14.0. The molecule has 0 atom stereocenters. The highest BCUT2D eigenvalue weighted by Gasteiger charge is 2.23. The first-order chi connectivity index (χ1) is 8.32. The van der Waals surface area contributed by atoms with Crippen molar-refractivity contribution in [2.75, 3.05) is 11.9 Å². The van der Waals surface area contributed by atoms with Gasteiger partial charge in [-0.15, -0.1) is 0 Å². The lowest BCUT2D eigenvalue weighted by molar-refractivity contribution is -0.384. The van der Waals surface area contributed by atoms with Crippen LogP contribution in [-0.2, 0) is 4.79 Å². The molecule has 0 saturated carbocycles. The van der Waals surface area contributed by atoms with E-state index in [-0.39, 0.29) is 12.1 Å². The molecule has 0 heterocycles. The summed E-state index contributed by atoms with van der Waals surface area (Å²) >= 11 is 0. The Balaban J connectivity index is 2.74. The van der Waals surface area contributed by atoms with Gasteiger partial charge in [0, 0.05) is 12.6 Å². The van der Waals surface area contributed by atoms with Crippen LogP contribution in [0.4, 0.5) is 11.4 Å². The number of nitrogens with zero attached hydrogens (tertiary/aromatic N) is 1. The molecule has 2 N–H and O–H groups in total. The molecule has 0 aliphatic rings. The monoisotopic (exact) mass is 252 g/mol. The van der Waals surface area contributed by atoms with Crippen LogP contribution >= 0.6 is 0 Å². The first-order valence-corrected chi connectivity index (χ1v) is 5.51. The van der Waals surface area contributed by atoms with Gasteiger partial charge in [0.2, 0.25) is 0 Å². The van der Waals surface area contributed by atoms with Gasteiger partial charge < -0.3 is 10.4 Å². The maximum absolute atomic E-state index is 10.8. The van der Waals surface area contributed by atoms with E-state index in [1.165, 1.54) is 6.07 Å². The van der Waals surface area contributed by atoms with Crippen molar-refractivity contribution in [2.24, 2.45) is 5.41 Å². The Hall–Kier alpha value is -2.11. The van der Waals surface area contributed by atoms with Crippen molar-refractivity contribution >= 4 is 17.3 Å². The van der Waals surface area contributed by atoms with Gasteiger partial charge in [-0.1, -0.05) is 26.0 Å². The first-order valence-electron chi connectivity index (χ1n) is 5.51. The van der Waals surface area contributed by atoms with E-state index in [2.05, 4.69) is 5.32 Å². The van der Waals surface area contributed by atoms with Gasteiger partial charge in [-0.25, -0.2) is 0 Å². The summed E-state index contributed by atoms with van der Waals surface area (Å²) in [5, 5.41) is 22.5. The number of carbonyl (C=O) groups is 1. The van der Waals surface area contributed by atoms with Gasteiger partial charge in [0.25, 0.3) is 5.69 Å². The molecule has 6 nitrogen and oxygen atoms in total. The molecular weight excluding hydrogens is 236 g/mol. The Morgan fingerprint density at radius 3 is 2.61 bits per heavy atom. The largest absolute Gasteiger partial charge is 0.481 e. The van der Waals surface area contributed by atoms with Crippen LogP contribution < -0.4 is 5.32 Å². The third-order valence-electron chi connectivity index (χ3n) is 2.49. The Morgan fingerprint density at radius 1 is 1.44 bits per heavy atom. The molecule has 0 aromatic heterocycles. The average Bonchev–Trinajstić information content (AvgIpc) is 2.25. The summed E-state index contributed by atoms with van der Waals surface area (Å²) in [6.45, 7) is 3.94. The van der Waals surface area contributed by atoms with Gasteiger partial charge in [-0.3, -0.25) is 14.9 Å². The molecule has 1 aromatic rings. The van der Waals surface area contributed by atoms with Crippen molar-refractivity contribution in [3.05, 3.63) is 34.4 Å². The minimum Gasteiger partial charge on any atom is -0.481 e. The Bertz CT molecular complexity index is 457. The zero-order chi connectivity index (χ0) is 13.8. The molecule has 0 aliphatic carbocycles. The van der Waals surface area contributed by atoms with Crippen molar-refractivity contribution in [2.45, 2.75) is 20.3 Å². The summed E-state index contributed by atoms with van der Waals surface area (Å²) in [6.07, 6.45) is 0.000626. The number of rotatable bonds is 6. The van der Waals surface area contributed by atoms with E-state index in [0.717, 1.165) is 0 Å². The minimum atomic E-state index is -0.885. The second kappa shape index (κ2) is 5.48. The fourth-order valence-corrected chi connectivity index (χ4v) is 1.59. The lowest BCUT2D eigenvalue weighted by atomic mass is 9.89. The summed E-state index contributed by atoms with van der Waals surface area (Å²) in [6, 6.07) is 6.30. The van der Waals surface area contributed by atoms with Crippen LogP contribution in [0.5, 0.6) is 0 Å². The highest BCUT2D eigenvalue weighted by Crippen LogP contribution is 2.26. The van der Waals surface area contributed by atoms with E-state index in [1.54, 1.807) is 32.0 Å². The number of anilines is 1. The summed E-state index contributed by atoms with van der Waals surface area (Å²) < 4.78 is 0. The van der Waals surface area contributed by atoms with E-state index in [1.807, 2.05) is 0 Å². The third-order valence-corrected chi connectivity index (χ3v) is 2.49. The standard InChI is InChI=1S/C12H16N2O4/c1-12(2,7-11(15)16)8-13-9-5-3-4-6-10(9)14(17)18/h3-6,13H,7-8H2,1-2H3,(H,15,16). The highest BCUT2D eigenvalue weighted by molar-refractivity contribution is 5.68. The summed E-state index contributed by atoms with van der Waals surface area (Å²) in [5.74, 6) is -0.885. The van der Waals surface area contributed by atoms with Gasteiger partial charge in [0.05, 0.1) is 11.3 Å². The van der Waals surface area contributed by atoms with E-state index in [0.29, 0.717) is 12.2 Å². The number of carboxylic acid groups (broad SMARTS) is 1. The molecule has 0 bridgehead atoms. The maximum Gasteiger partial charge on any atom is 0.303 e. The summed E-state index contributed by atoms with van der Waals surface area (Å²) in [7, 11) is 0. The van der Waals surface area contributed by atoms with Crippen molar-refractivity contribution in [3.8, 4) is 0 Å². The number of carboxylic acids is 1. The average molecular weight is 252 g/mol. The van der Waals surface area contributed by atoms with Gasteiger partial charge in [0.1, 0.15) is 5.69 Å². The van der Waals surface area contributed by atoms with Crippen molar-refractivity contribution in [1.82, 2.24) is 0 Å². The van der Waals surface area contributed by atoms with Crippen molar-refractivity contribution < 1.29 is 14.8 Å². The predicted octanol–water partition coefficient (Wildman–Crippen LogP) is 2.51. The van der Waals surface area contributed by atoms with Crippen LogP contribution in [0.15, 0.2) is 24.3 Å². The third kappa shape index (κ3) is 4.04. The molecule has 0 fully saturated rings. The number of nitro benzene ring substituents is 1. The molecular formula is C12H16N2O4. The maximum atomic E-state index is 10.8. The molecule has 1 rings (SSSR count). The molecule has 0 saturated heterocycles. The lowest BCUT2D eigenvalue weighted by Crippen LogP contribution is -2.26. The normalized spacial score (nSPS) is 11.0. The molecule has 6 heteroatoms. The molecule has 0 spiro atoms.